The monoisotopic (exact) mass is 629 g/mol. The third-order valence-corrected chi connectivity index (χ3v) is 10.4. The van der Waals surface area contributed by atoms with E-state index >= 15 is 0 Å². The van der Waals surface area contributed by atoms with Crippen LogP contribution in [0.2, 0.25) is 0 Å². The molecule has 2 aromatic carbocycles. The van der Waals surface area contributed by atoms with Crippen LogP contribution >= 0.6 is 39.0 Å². The number of carbonyl (C=O) groups is 3. The second-order valence-corrected chi connectivity index (χ2v) is 12.5. The van der Waals surface area contributed by atoms with Gasteiger partial charge in [-0.05, 0) is 42.0 Å². The molecule has 3 amide bonds. The highest BCUT2D eigenvalue weighted by atomic mass is 79.9. The molecule has 39 heavy (non-hydrogen) atoms. The van der Waals surface area contributed by atoms with Crippen LogP contribution in [-0.4, -0.2) is 65.9 Å². The van der Waals surface area contributed by atoms with Crippen LogP contribution in [0.25, 0.3) is 0 Å². The van der Waals surface area contributed by atoms with Crippen molar-refractivity contribution in [3.63, 3.8) is 0 Å². The average molecular weight is 631 g/mol. The number of imide groups is 1. The van der Waals surface area contributed by atoms with Gasteiger partial charge in [0, 0.05) is 28.4 Å². The minimum atomic E-state index is -0.737. The largest absolute Gasteiger partial charge is 0.497 e. The van der Waals surface area contributed by atoms with Crippen LogP contribution in [0.4, 0.5) is 5.69 Å². The first-order valence-corrected chi connectivity index (χ1v) is 14.9. The maximum atomic E-state index is 13.9. The number of thiazole rings is 1. The summed E-state index contributed by atoms with van der Waals surface area (Å²) in [4.78, 5) is 57.4. The number of nitrogens with zero attached hydrogens (tertiary/aromatic N) is 3. The summed E-state index contributed by atoms with van der Waals surface area (Å²) in [6.07, 6.45) is 0. The number of hydrogen-bond donors (Lipinski definition) is 0. The number of hydrogen-bond acceptors (Lipinski definition) is 8. The Labute approximate surface area is 240 Å². The summed E-state index contributed by atoms with van der Waals surface area (Å²) in [5, 5.41) is -0.160. The van der Waals surface area contributed by atoms with Crippen molar-refractivity contribution in [1.82, 2.24) is 9.47 Å². The smallest absolute Gasteiger partial charge is 0.308 e. The topological polar surface area (TPSA) is 98.2 Å². The highest BCUT2D eigenvalue weighted by Gasteiger charge is 2.56. The molecule has 0 N–H and O–H groups in total. The van der Waals surface area contributed by atoms with Gasteiger partial charge in [0.15, 0.2) is 0 Å². The predicted octanol–water partition coefficient (Wildman–Crippen LogP) is 3.34. The highest BCUT2D eigenvalue weighted by Crippen LogP contribution is 2.54. The summed E-state index contributed by atoms with van der Waals surface area (Å²) in [7, 11) is 1.58. The van der Waals surface area contributed by atoms with Gasteiger partial charge in [-0.15, -0.1) is 0 Å². The molecule has 2 unspecified atom stereocenters. The van der Waals surface area contributed by atoms with Crippen molar-refractivity contribution in [3.8, 4) is 5.75 Å². The molecule has 202 valence electrons. The zero-order valence-electron chi connectivity index (χ0n) is 20.9. The van der Waals surface area contributed by atoms with Crippen molar-refractivity contribution in [2.75, 3.05) is 38.3 Å². The first-order chi connectivity index (χ1) is 18.9. The molecule has 3 aromatic rings. The van der Waals surface area contributed by atoms with Gasteiger partial charge in [-0.3, -0.25) is 23.7 Å². The number of carbonyl (C=O) groups excluding carboxylic acids is 3. The van der Waals surface area contributed by atoms with Crippen LogP contribution in [0.1, 0.15) is 16.4 Å². The van der Waals surface area contributed by atoms with E-state index in [9.17, 15) is 19.2 Å². The Morgan fingerprint density at radius 1 is 1.03 bits per heavy atom. The third kappa shape index (κ3) is 4.62. The Morgan fingerprint density at radius 2 is 1.72 bits per heavy atom. The SMILES string of the molecule is COc1ccc([C@@H]2c3sc(=O)n(CC(=O)N4CCOCC4)c3SC3C(=O)N(c4ccc(Br)cc4)C(=O)C32)cc1. The lowest BCUT2D eigenvalue weighted by molar-refractivity contribution is -0.136. The number of morpholine rings is 1. The van der Waals surface area contributed by atoms with Gasteiger partial charge in [-0.25, -0.2) is 4.90 Å². The normalized spacial score (nSPS) is 22.6. The van der Waals surface area contributed by atoms with Gasteiger partial charge in [0.2, 0.25) is 17.7 Å². The fourth-order valence-corrected chi connectivity index (χ4v) is 8.36. The quantitative estimate of drug-likeness (QED) is 0.399. The summed E-state index contributed by atoms with van der Waals surface area (Å²) < 4.78 is 13.0. The molecule has 1 aromatic heterocycles. The summed E-state index contributed by atoms with van der Waals surface area (Å²) in [5.74, 6) is -1.36. The van der Waals surface area contributed by atoms with Crippen LogP contribution in [0.5, 0.6) is 5.75 Å². The first kappa shape index (κ1) is 26.3. The minimum absolute atomic E-state index is 0.122. The van der Waals surface area contributed by atoms with E-state index in [0.717, 1.165) is 21.4 Å². The van der Waals surface area contributed by atoms with Crippen molar-refractivity contribution >= 4 is 62.4 Å². The molecule has 12 heteroatoms. The zero-order chi connectivity index (χ0) is 27.3. The van der Waals surface area contributed by atoms with E-state index in [2.05, 4.69) is 15.9 Å². The van der Waals surface area contributed by atoms with Crippen LogP contribution in [0, 0.1) is 5.92 Å². The number of ether oxygens (including phenoxy) is 2. The van der Waals surface area contributed by atoms with E-state index in [1.54, 1.807) is 48.4 Å². The van der Waals surface area contributed by atoms with Gasteiger partial charge in [0.1, 0.15) is 17.5 Å². The molecule has 3 aliphatic heterocycles. The predicted molar refractivity (Wildman–Crippen MR) is 151 cm³/mol. The fourth-order valence-electron chi connectivity index (χ4n) is 5.32. The molecule has 0 radical (unpaired) electrons. The van der Waals surface area contributed by atoms with Gasteiger partial charge in [-0.2, -0.15) is 0 Å². The summed E-state index contributed by atoms with van der Waals surface area (Å²) in [5.41, 5.74) is 1.30. The van der Waals surface area contributed by atoms with E-state index in [1.165, 1.54) is 21.2 Å². The molecule has 0 spiro atoms. The maximum absolute atomic E-state index is 13.9. The van der Waals surface area contributed by atoms with Gasteiger partial charge < -0.3 is 14.4 Å². The van der Waals surface area contributed by atoms with Crippen molar-refractivity contribution < 1.29 is 23.9 Å². The Morgan fingerprint density at radius 3 is 2.38 bits per heavy atom. The van der Waals surface area contributed by atoms with E-state index in [4.69, 9.17) is 9.47 Å². The first-order valence-electron chi connectivity index (χ1n) is 12.4. The molecule has 0 aliphatic carbocycles. The number of fused-ring (bicyclic) bond motifs is 2. The Bertz CT molecular complexity index is 1500. The number of rotatable bonds is 5. The molecule has 4 heterocycles. The molecule has 3 aliphatic rings. The highest BCUT2D eigenvalue weighted by molar-refractivity contribution is 9.10. The lowest BCUT2D eigenvalue weighted by atomic mass is 9.83. The van der Waals surface area contributed by atoms with E-state index in [0.29, 0.717) is 47.6 Å². The van der Waals surface area contributed by atoms with E-state index < -0.39 is 17.1 Å². The lowest BCUT2D eigenvalue weighted by Crippen LogP contribution is -2.43. The molecule has 6 rings (SSSR count). The summed E-state index contributed by atoms with van der Waals surface area (Å²) >= 11 is 5.66. The summed E-state index contributed by atoms with van der Waals surface area (Å²) in [6.45, 7) is 1.75. The van der Waals surface area contributed by atoms with Crippen molar-refractivity contribution in [2.45, 2.75) is 22.7 Å². The molecule has 0 bridgehead atoms. The molecule has 2 fully saturated rings. The lowest BCUT2D eigenvalue weighted by Gasteiger charge is -2.31. The number of aromatic nitrogens is 1. The van der Waals surface area contributed by atoms with E-state index in [1.807, 2.05) is 12.1 Å². The fraction of sp³-hybridized carbons (Fsp3) is 0.333. The number of anilines is 1. The van der Waals surface area contributed by atoms with Crippen LogP contribution in [0.3, 0.4) is 0 Å². The standard InChI is InChI=1S/C27H24BrN3O6S2/c1-36-18-8-2-15(3-9-18)20-21-22(25(34)31(24(21)33)17-6-4-16(28)5-7-17)38-26-23(20)39-27(35)30(26)14-19(32)29-10-12-37-13-11-29/h2-9,20-22H,10-14H2,1H3/t20-,21?,22?/m0/s1. The Balaban J connectivity index is 1.43. The average Bonchev–Trinajstić information content (AvgIpc) is 3.40. The second kappa shape index (κ2) is 10.6. The van der Waals surface area contributed by atoms with Crippen LogP contribution < -0.4 is 14.5 Å². The van der Waals surface area contributed by atoms with Gasteiger partial charge >= 0.3 is 4.87 Å². The van der Waals surface area contributed by atoms with Crippen LogP contribution in [-0.2, 0) is 25.7 Å². The number of benzene rings is 2. The third-order valence-electron chi connectivity index (χ3n) is 7.27. The molecule has 9 nitrogen and oxygen atoms in total. The number of thioether (sulfide) groups is 1. The molecule has 0 saturated carbocycles. The van der Waals surface area contributed by atoms with Crippen molar-refractivity contribution in [1.29, 1.82) is 0 Å². The van der Waals surface area contributed by atoms with Gasteiger partial charge in [0.25, 0.3) is 0 Å². The summed E-state index contributed by atoms with van der Waals surface area (Å²) in [6, 6.07) is 14.4. The Kier molecular flexibility index (Phi) is 7.13. The molecule has 2 saturated heterocycles. The molecular formula is C27H24BrN3O6S2. The molecular weight excluding hydrogens is 606 g/mol. The minimum Gasteiger partial charge on any atom is -0.497 e. The number of amides is 3. The van der Waals surface area contributed by atoms with Crippen LogP contribution in [0.15, 0.2) is 62.8 Å². The van der Waals surface area contributed by atoms with E-state index in [-0.39, 0.29) is 29.1 Å². The van der Waals surface area contributed by atoms with Gasteiger partial charge in [0.05, 0.1) is 37.0 Å². The maximum Gasteiger partial charge on any atom is 0.308 e. The van der Waals surface area contributed by atoms with Gasteiger partial charge in [-0.1, -0.05) is 51.2 Å². The molecule has 3 atom stereocenters. The second-order valence-electron chi connectivity index (χ2n) is 9.42. The number of halogens is 1. The Hall–Kier alpha value is -2.93. The number of methoxy groups -OCH3 is 1. The zero-order valence-corrected chi connectivity index (χ0v) is 24.1. The van der Waals surface area contributed by atoms with Crippen molar-refractivity contribution in [2.24, 2.45) is 5.92 Å². The van der Waals surface area contributed by atoms with Crippen molar-refractivity contribution in [3.05, 3.63) is 73.1 Å².